The van der Waals surface area contributed by atoms with Gasteiger partial charge in [-0.15, -0.1) is 0 Å². The van der Waals surface area contributed by atoms with Gasteiger partial charge in [0.25, 0.3) is 0 Å². The maximum absolute atomic E-state index is 13.3. The van der Waals surface area contributed by atoms with Crippen LogP contribution in [-0.4, -0.2) is 42.7 Å². The Labute approximate surface area is 143 Å². The van der Waals surface area contributed by atoms with Crippen LogP contribution in [0.15, 0.2) is 30.3 Å². The van der Waals surface area contributed by atoms with Crippen LogP contribution in [-0.2, 0) is 11.3 Å². The second-order valence-electron chi connectivity index (χ2n) is 6.45. The van der Waals surface area contributed by atoms with Crippen LogP contribution in [0.4, 0.5) is 4.39 Å². The van der Waals surface area contributed by atoms with Gasteiger partial charge in [-0.25, -0.2) is 4.39 Å². The van der Waals surface area contributed by atoms with E-state index in [0.29, 0.717) is 0 Å². The summed E-state index contributed by atoms with van der Waals surface area (Å²) in [4.78, 5) is 5.75. The molecule has 3 rings (SSSR count). The van der Waals surface area contributed by atoms with E-state index in [1.807, 2.05) is 12.1 Å². The van der Waals surface area contributed by atoms with E-state index >= 15 is 0 Å². The van der Waals surface area contributed by atoms with Crippen molar-refractivity contribution >= 4 is 0 Å². The number of aromatic nitrogens is 1. The number of hydrogen-bond donors (Lipinski definition) is 2. The third-order valence-corrected chi connectivity index (χ3v) is 4.65. The predicted octanol–water partition coefficient (Wildman–Crippen LogP) is 2.93. The predicted molar refractivity (Wildman–Crippen MR) is 93.5 cm³/mol. The number of hydrogen-bond acceptors (Lipinski definition) is 3. The van der Waals surface area contributed by atoms with Crippen LogP contribution in [0, 0.1) is 19.7 Å². The standard InChI is InChI=1S/C19H26FN3O/c1-14-11-17(15(2)22-14)12-21-13-19(23-7-9-24-10-8-23)16-3-5-18(20)6-4-16/h3-6,11,19,21-22H,7-10,12-13H2,1-2H3/t19-/m1/s1. The van der Waals surface area contributed by atoms with Crippen molar-refractivity contribution in [2.45, 2.75) is 26.4 Å². The Hall–Kier alpha value is -1.69. The van der Waals surface area contributed by atoms with Crippen LogP contribution in [0.2, 0.25) is 0 Å². The van der Waals surface area contributed by atoms with Crippen molar-refractivity contribution < 1.29 is 9.13 Å². The van der Waals surface area contributed by atoms with Gasteiger partial charge in [0.05, 0.1) is 13.2 Å². The van der Waals surface area contributed by atoms with Crippen molar-refractivity contribution in [2.75, 3.05) is 32.8 Å². The van der Waals surface area contributed by atoms with E-state index in [2.05, 4.69) is 35.1 Å². The first-order valence-corrected chi connectivity index (χ1v) is 8.56. The van der Waals surface area contributed by atoms with Crippen LogP contribution in [0.1, 0.15) is 28.6 Å². The summed E-state index contributed by atoms with van der Waals surface area (Å²) in [5, 5.41) is 3.57. The van der Waals surface area contributed by atoms with Crippen molar-refractivity contribution in [3.05, 3.63) is 58.7 Å². The Morgan fingerprint density at radius 3 is 2.54 bits per heavy atom. The molecule has 5 heteroatoms. The Morgan fingerprint density at radius 2 is 1.92 bits per heavy atom. The number of ether oxygens (including phenoxy) is 1. The zero-order valence-corrected chi connectivity index (χ0v) is 14.4. The fourth-order valence-electron chi connectivity index (χ4n) is 3.34. The molecular weight excluding hydrogens is 305 g/mol. The van der Waals surface area contributed by atoms with Crippen LogP contribution in [0.3, 0.4) is 0 Å². The quantitative estimate of drug-likeness (QED) is 0.855. The minimum atomic E-state index is -0.189. The van der Waals surface area contributed by atoms with Crippen molar-refractivity contribution in [3.8, 4) is 0 Å². The molecule has 1 aromatic carbocycles. The van der Waals surface area contributed by atoms with Gasteiger partial charge >= 0.3 is 0 Å². The van der Waals surface area contributed by atoms with E-state index < -0.39 is 0 Å². The minimum Gasteiger partial charge on any atom is -0.379 e. The molecule has 1 aliphatic rings. The monoisotopic (exact) mass is 331 g/mol. The van der Waals surface area contributed by atoms with Gasteiger partial charge in [0.2, 0.25) is 0 Å². The number of aryl methyl sites for hydroxylation is 2. The van der Waals surface area contributed by atoms with Gasteiger partial charge in [0.1, 0.15) is 5.82 Å². The van der Waals surface area contributed by atoms with Gasteiger partial charge in [0.15, 0.2) is 0 Å². The van der Waals surface area contributed by atoms with E-state index in [9.17, 15) is 4.39 Å². The molecule has 130 valence electrons. The number of nitrogens with zero attached hydrogens (tertiary/aromatic N) is 1. The van der Waals surface area contributed by atoms with Crippen LogP contribution >= 0.6 is 0 Å². The minimum absolute atomic E-state index is 0.189. The average Bonchev–Trinajstić information content (AvgIpc) is 2.91. The number of nitrogens with one attached hydrogen (secondary N) is 2. The lowest BCUT2D eigenvalue weighted by Crippen LogP contribution is -2.42. The molecule has 2 heterocycles. The van der Waals surface area contributed by atoms with Crippen molar-refractivity contribution in [1.82, 2.24) is 15.2 Å². The molecule has 0 amide bonds. The van der Waals surface area contributed by atoms with E-state index in [1.165, 1.54) is 17.0 Å². The summed E-state index contributed by atoms with van der Waals surface area (Å²) < 4.78 is 18.7. The van der Waals surface area contributed by atoms with Gasteiger partial charge < -0.3 is 15.0 Å². The van der Waals surface area contributed by atoms with Crippen molar-refractivity contribution in [1.29, 1.82) is 0 Å². The highest BCUT2D eigenvalue weighted by Gasteiger charge is 2.22. The number of H-pyrrole nitrogens is 1. The normalized spacial score (nSPS) is 17.1. The highest BCUT2D eigenvalue weighted by atomic mass is 19.1. The first kappa shape index (κ1) is 17.1. The van der Waals surface area contributed by atoms with E-state index in [1.54, 1.807) is 12.1 Å². The molecule has 0 aliphatic carbocycles. The lowest BCUT2D eigenvalue weighted by molar-refractivity contribution is 0.0161. The number of benzene rings is 1. The molecule has 1 aromatic heterocycles. The van der Waals surface area contributed by atoms with E-state index in [0.717, 1.165) is 45.0 Å². The van der Waals surface area contributed by atoms with Gasteiger partial charge in [-0.05, 0) is 43.2 Å². The third kappa shape index (κ3) is 4.23. The summed E-state index contributed by atoms with van der Waals surface area (Å²) in [6.45, 7) is 9.17. The Morgan fingerprint density at radius 1 is 1.21 bits per heavy atom. The topological polar surface area (TPSA) is 40.3 Å². The fraction of sp³-hybridized carbons (Fsp3) is 0.474. The summed E-state index contributed by atoms with van der Waals surface area (Å²) in [7, 11) is 0. The lowest BCUT2D eigenvalue weighted by Gasteiger charge is -2.35. The van der Waals surface area contributed by atoms with E-state index in [-0.39, 0.29) is 11.9 Å². The van der Waals surface area contributed by atoms with Gasteiger partial charge in [-0.3, -0.25) is 4.90 Å². The molecule has 0 bridgehead atoms. The van der Waals surface area contributed by atoms with Crippen LogP contribution in [0.5, 0.6) is 0 Å². The summed E-state index contributed by atoms with van der Waals surface area (Å²) in [6, 6.07) is 9.29. The number of morpholine rings is 1. The first-order valence-electron chi connectivity index (χ1n) is 8.56. The summed E-state index contributed by atoms with van der Waals surface area (Å²) in [5.74, 6) is -0.189. The molecule has 1 saturated heterocycles. The molecule has 0 saturated carbocycles. The zero-order chi connectivity index (χ0) is 16.9. The molecule has 1 fully saturated rings. The number of halogens is 1. The molecule has 0 spiro atoms. The third-order valence-electron chi connectivity index (χ3n) is 4.65. The second kappa shape index (κ2) is 7.92. The summed E-state index contributed by atoms with van der Waals surface area (Å²) in [6.07, 6.45) is 0. The molecule has 0 unspecified atom stereocenters. The lowest BCUT2D eigenvalue weighted by atomic mass is 10.0. The Bertz CT molecular complexity index is 647. The number of rotatable bonds is 6. The maximum atomic E-state index is 13.3. The fourth-order valence-corrected chi connectivity index (χ4v) is 3.34. The highest BCUT2D eigenvalue weighted by molar-refractivity contribution is 5.24. The second-order valence-corrected chi connectivity index (χ2v) is 6.45. The molecule has 2 N–H and O–H groups in total. The molecule has 0 radical (unpaired) electrons. The Kier molecular flexibility index (Phi) is 5.66. The highest BCUT2D eigenvalue weighted by Crippen LogP contribution is 2.22. The van der Waals surface area contributed by atoms with Crippen molar-refractivity contribution in [2.24, 2.45) is 0 Å². The number of aromatic amines is 1. The molecule has 2 aromatic rings. The molecular formula is C19H26FN3O. The maximum Gasteiger partial charge on any atom is 0.123 e. The first-order chi connectivity index (χ1) is 11.6. The van der Waals surface area contributed by atoms with Gasteiger partial charge in [-0.2, -0.15) is 0 Å². The molecule has 24 heavy (non-hydrogen) atoms. The zero-order valence-electron chi connectivity index (χ0n) is 14.4. The average molecular weight is 331 g/mol. The summed E-state index contributed by atoms with van der Waals surface area (Å²) >= 11 is 0. The summed E-state index contributed by atoms with van der Waals surface area (Å²) in [5.41, 5.74) is 4.84. The van der Waals surface area contributed by atoms with Gasteiger partial charge in [-0.1, -0.05) is 12.1 Å². The van der Waals surface area contributed by atoms with Gasteiger partial charge in [0, 0.05) is 43.6 Å². The SMILES string of the molecule is Cc1cc(CNC[C@H](c2ccc(F)cc2)N2CCOCC2)c(C)[nH]1. The van der Waals surface area contributed by atoms with E-state index in [4.69, 9.17) is 4.74 Å². The largest absolute Gasteiger partial charge is 0.379 e. The molecule has 4 nitrogen and oxygen atoms in total. The van der Waals surface area contributed by atoms with Crippen LogP contribution < -0.4 is 5.32 Å². The molecule has 1 aliphatic heterocycles. The van der Waals surface area contributed by atoms with Crippen molar-refractivity contribution in [3.63, 3.8) is 0 Å². The van der Waals surface area contributed by atoms with Crippen LogP contribution in [0.25, 0.3) is 0 Å². The Balaban J connectivity index is 1.67. The molecule has 1 atom stereocenters. The smallest absolute Gasteiger partial charge is 0.123 e.